The summed E-state index contributed by atoms with van der Waals surface area (Å²) in [5.74, 6) is 0. The van der Waals surface area contributed by atoms with Gasteiger partial charge in [-0.05, 0) is 43.4 Å². The molecule has 0 spiro atoms. The van der Waals surface area contributed by atoms with Crippen molar-refractivity contribution in [1.82, 2.24) is 0 Å². The quantitative estimate of drug-likeness (QED) is 0.895. The van der Waals surface area contributed by atoms with Gasteiger partial charge in [-0.3, -0.25) is 0 Å². The SMILES string of the molecule is COC1(C(O)Cc2ccc(C)cc2Cl)CCC1. The second kappa shape index (κ2) is 4.97. The summed E-state index contributed by atoms with van der Waals surface area (Å²) in [6, 6.07) is 5.95. The first-order valence-corrected chi connectivity index (χ1v) is 6.43. The predicted octanol–water partition coefficient (Wildman–Crippen LogP) is 3.12. The summed E-state index contributed by atoms with van der Waals surface area (Å²) in [5.41, 5.74) is 1.79. The molecule has 1 aliphatic carbocycles. The molecule has 1 aromatic rings. The third-order valence-electron chi connectivity index (χ3n) is 3.84. The molecule has 2 nitrogen and oxygen atoms in total. The molecule has 0 aromatic heterocycles. The van der Waals surface area contributed by atoms with Gasteiger partial charge in [-0.2, -0.15) is 0 Å². The van der Waals surface area contributed by atoms with Crippen LogP contribution in [-0.4, -0.2) is 23.9 Å². The Labute approximate surface area is 108 Å². The Hall–Kier alpha value is -0.570. The molecule has 1 fully saturated rings. The van der Waals surface area contributed by atoms with E-state index in [1.807, 2.05) is 25.1 Å². The molecule has 0 aliphatic heterocycles. The molecule has 1 N–H and O–H groups in total. The molecule has 94 valence electrons. The predicted molar refractivity (Wildman–Crippen MR) is 69.5 cm³/mol. The van der Waals surface area contributed by atoms with Crippen molar-refractivity contribution >= 4 is 11.6 Å². The van der Waals surface area contributed by atoms with E-state index in [-0.39, 0.29) is 5.60 Å². The molecule has 1 unspecified atom stereocenters. The van der Waals surface area contributed by atoms with Crippen LogP contribution in [0.25, 0.3) is 0 Å². The molecule has 0 radical (unpaired) electrons. The number of aryl methyl sites for hydroxylation is 1. The lowest BCUT2D eigenvalue weighted by Gasteiger charge is -2.44. The fraction of sp³-hybridized carbons (Fsp3) is 0.571. The van der Waals surface area contributed by atoms with Gasteiger partial charge in [-0.1, -0.05) is 23.7 Å². The average molecular weight is 255 g/mol. The zero-order valence-electron chi connectivity index (χ0n) is 10.4. The van der Waals surface area contributed by atoms with Crippen molar-refractivity contribution in [2.75, 3.05) is 7.11 Å². The molecule has 0 bridgehead atoms. The van der Waals surface area contributed by atoms with Crippen LogP contribution in [0.5, 0.6) is 0 Å². The highest BCUT2D eigenvalue weighted by atomic mass is 35.5. The summed E-state index contributed by atoms with van der Waals surface area (Å²) in [4.78, 5) is 0. The van der Waals surface area contributed by atoms with Crippen LogP contribution in [0.15, 0.2) is 18.2 Å². The van der Waals surface area contributed by atoms with E-state index >= 15 is 0 Å². The smallest absolute Gasteiger partial charge is 0.0939 e. The van der Waals surface area contributed by atoms with Crippen LogP contribution in [0.3, 0.4) is 0 Å². The highest BCUT2D eigenvalue weighted by Gasteiger charge is 2.43. The first-order valence-electron chi connectivity index (χ1n) is 6.06. The minimum absolute atomic E-state index is 0.339. The number of methoxy groups -OCH3 is 1. The minimum atomic E-state index is -0.471. The van der Waals surface area contributed by atoms with Gasteiger partial charge in [-0.25, -0.2) is 0 Å². The highest BCUT2D eigenvalue weighted by molar-refractivity contribution is 6.31. The number of ether oxygens (including phenoxy) is 1. The Morgan fingerprint density at radius 3 is 2.65 bits per heavy atom. The van der Waals surface area contributed by atoms with Gasteiger partial charge in [0.25, 0.3) is 0 Å². The average Bonchev–Trinajstić information content (AvgIpc) is 2.21. The second-order valence-electron chi connectivity index (χ2n) is 4.94. The van der Waals surface area contributed by atoms with Crippen molar-refractivity contribution in [2.45, 2.75) is 44.3 Å². The zero-order chi connectivity index (χ0) is 12.5. The minimum Gasteiger partial charge on any atom is -0.390 e. The van der Waals surface area contributed by atoms with Gasteiger partial charge in [-0.15, -0.1) is 0 Å². The van der Waals surface area contributed by atoms with Crippen molar-refractivity contribution < 1.29 is 9.84 Å². The number of aliphatic hydroxyl groups excluding tert-OH is 1. The maximum absolute atomic E-state index is 10.3. The Kier molecular flexibility index (Phi) is 3.76. The van der Waals surface area contributed by atoms with Crippen LogP contribution >= 0.6 is 11.6 Å². The summed E-state index contributed by atoms with van der Waals surface area (Å²) in [6.07, 6.45) is 3.10. The normalized spacial score (nSPS) is 19.8. The van der Waals surface area contributed by atoms with Gasteiger partial charge >= 0.3 is 0 Å². The molecular weight excluding hydrogens is 236 g/mol. The van der Waals surface area contributed by atoms with Crippen LogP contribution in [0.4, 0.5) is 0 Å². The Morgan fingerprint density at radius 2 is 2.18 bits per heavy atom. The zero-order valence-corrected chi connectivity index (χ0v) is 11.1. The number of hydrogen-bond donors (Lipinski definition) is 1. The van der Waals surface area contributed by atoms with E-state index in [2.05, 4.69) is 0 Å². The largest absolute Gasteiger partial charge is 0.390 e. The maximum Gasteiger partial charge on any atom is 0.0939 e. The van der Waals surface area contributed by atoms with E-state index in [1.165, 1.54) is 0 Å². The van der Waals surface area contributed by atoms with Crippen molar-refractivity contribution in [3.63, 3.8) is 0 Å². The fourth-order valence-electron chi connectivity index (χ4n) is 2.41. The second-order valence-corrected chi connectivity index (χ2v) is 5.34. The van der Waals surface area contributed by atoms with Gasteiger partial charge < -0.3 is 9.84 Å². The van der Waals surface area contributed by atoms with Gasteiger partial charge in [0.2, 0.25) is 0 Å². The van der Waals surface area contributed by atoms with E-state index < -0.39 is 6.10 Å². The van der Waals surface area contributed by atoms with Gasteiger partial charge in [0, 0.05) is 18.6 Å². The summed E-state index contributed by atoms with van der Waals surface area (Å²) in [6.45, 7) is 2.01. The summed E-state index contributed by atoms with van der Waals surface area (Å²) in [5, 5.41) is 11.0. The first kappa shape index (κ1) is 12.9. The Bertz CT molecular complexity index is 394. The number of halogens is 1. The molecule has 3 heteroatoms. The molecule has 2 rings (SSSR count). The fourth-order valence-corrected chi connectivity index (χ4v) is 2.72. The van der Waals surface area contributed by atoms with Crippen molar-refractivity contribution in [3.05, 3.63) is 34.3 Å². The number of aliphatic hydroxyl groups is 1. The van der Waals surface area contributed by atoms with Crippen LogP contribution < -0.4 is 0 Å². The molecule has 1 saturated carbocycles. The molecule has 17 heavy (non-hydrogen) atoms. The highest BCUT2D eigenvalue weighted by Crippen LogP contribution is 2.39. The third kappa shape index (κ3) is 2.49. The monoisotopic (exact) mass is 254 g/mol. The first-order chi connectivity index (χ1) is 8.07. The lowest BCUT2D eigenvalue weighted by Crippen LogP contribution is -2.50. The lowest BCUT2D eigenvalue weighted by atomic mass is 9.74. The van der Waals surface area contributed by atoms with E-state index in [0.717, 1.165) is 35.4 Å². The van der Waals surface area contributed by atoms with E-state index in [0.29, 0.717) is 6.42 Å². The maximum atomic E-state index is 10.3. The summed E-state index contributed by atoms with van der Waals surface area (Å²) < 4.78 is 5.48. The number of hydrogen-bond acceptors (Lipinski definition) is 2. The lowest BCUT2D eigenvalue weighted by molar-refractivity contribution is -0.148. The van der Waals surface area contributed by atoms with Crippen molar-refractivity contribution in [3.8, 4) is 0 Å². The van der Waals surface area contributed by atoms with Gasteiger partial charge in [0.15, 0.2) is 0 Å². The summed E-state index contributed by atoms with van der Waals surface area (Å²) in [7, 11) is 1.68. The van der Waals surface area contributed by atoms with Gasteiger partial charge in [0.1, 0.15) is 0 Å². The van der Waals surface area contributed by atoms with Crippen molar-refractivity contribution in [1.29, 1.82) is 0 Å². The van der Waals surface area contributed by atoms with Crippen molar-refractivity contribution in [2.24, 2.45) is 0 Å². The van der Waals surface area contributed by atoms with E-state index in [9.17, 15) is 5.11 Å². The van der Waals surface area contributed by atoms with Crippen LogP contribution in [-0.2, 0) is 11.2 Å². The van der Waals surface area contributed by atoms with Gasteiger partial charge in [0.05, 0.1) is 11.7 Å². The van der Waals surface area contributed by atoms with Crippen LogP contribution in [0, 0.1) is 6.92 Å². The van der Waals surface area contributed by atoms with Crippen LogP contribution in [0.1, 0.15) is 30.4 Å². The summed E-state index contributed by atoms with van der Waals surface area (Å²) >= 11 is 6.18. The Balaban J connectivity index is 2.10. The number of rotatable bonds is 4. The number of benzene rings is 1. The molecule has 1 aromatic carbocycles. The standard InChI is InChI=1S/C14H19ClO2/c1-10-4-5-11(12(15)8-10)9-13(16)14(17-2)6-3-7-14/h4-5,8,13,16H,3,6-7,9H2,1-2H3. The molecule has 1 atom stereocenters. The molecule has 0 amide bonds. The third-order valence-corrected chi connectivity index (χ3v) is 4.19. The molecule has 0 heterocycles. The van der Waals surface area contributed by atoms with E-state index in [4.69, 9.17) is 16.3 Å². The Morgan fingerprint density at radius 1 is 1.47 bits per heavy atom. The molecular formula is C14H19ClO2. The van der Waals surface area contributed by atoms with Crippen LogP contribution in [0.2, 0.25) is 5.02 Å². The van der Waals surface area contributed by atoms with E-state index in [1.54, 1.807) is 7.11 Å². The molecule has 1 aliphatic rings. The topological polar surface area (TPSA) is 29.5 Å². The molecule has 0 saturated heterocycles.